The first-order valence-electron chi connectivity index (χ1n) is 5.31. The monoisotopic (exact) mass is 227 g/mol. The van der Waals surface area contributed by atoms with Gasteiger partial charge in [-0.1, -0.05) is 31.0 Å². The van der Waals surface area contributed by atoms with Gasteiger partial charge in [0.15, 0.2) is 0 Å². The SMILES string of the molecule is CCCc1cc(C)c(OCCN)c(Cl)c1. The van der Waals surface area contributed by atoms with Crippen LogP contribution in [0.5, 0.6) is 5.75 Å². The Hall–Kier alpha value is -0.730. The second-order valence-corrected chi connectivity index (χ2v) is 4.02. The lowest BCUT2D eigenvalue weighted by atomic mass is 10.1. The van der Waals surface area contributed by atoms with E-state index >= 15 is 0 Å². The zero-order valence-electron chi connectivity index (χ0n) is 9.35. The van der Waals surface area contributed by atoms with Gasteiger partial charge in [0.2, 0.25) is 0 Å². The van der Waals surface area contributed by atoms with Crippen molar-refractivity contribution in [2.75, 3.05) is 13.2 Å². The van der Waals surface area contributed by atoms with Crippen molar-refractivity contribution in [1.29, 1.82) is 0 Å². The fraction of sp³-hybridized carbons (Fsp3) is 0.500. The van der Waals surface area contributed by atoms with Crippen molar-refractivity contribution in [2.24, 2.45) is 5.73 Å². The molecule has 3 heteroatoms. The van der Waals surface area contributed by atoms with Gasteiger partial charge in [-0.15, -0.1) is 0 Å². The van der Waals surface area contributed by atoms with E-state index in [0.29, 0.717) is 18.2 Å². The number of ether oxygens (including phenoxy) is 1. The third kappa shape index (κ3) is 3.40. The second kappa shape index (κ2) is 5.99. The second-order valence-electron chi connectivity index (χ2n) is 3.61. The molecule has 0 bridgehead atoms. The molecule has 0 amide bonds. The van der Waals surface area contributed by atoms with E-state index in [4.69, 9.17) is 22.1 Å². The quantitative estimate of drug-likeness (QED) is 0.840. The third-order valence-electron chi connectivity index (χ3n) is 2.19. The van der Waals surface area contributed by atoms with E-state index in [9.17, 15) is 0 Å². The lowest BCUT2D eigenvalue weighted by molar-refractivity contribution is 0.326. The molecule has 0 atom stereocenters. The molecule has 15 heavy (non-hydrogen) atoms. The van der Waals surface area contributed by atoms with Gasteiger partial charge in [0.25, 0.3) is 0 Å². The van der Waals surface area contributed by atoms with Gasteiger partial charge in [-0.05, 0) is 30.5 Å². The summed E-state index contributed by atoms with van der Waals surface area (Å²) in [4.78, 5) is 0. The van der Waals surface area contributed by atoms with Gasteiger partial charge in [0.05, 0.1) is 5.02 Å². The molecule has 0 radical (unpaired) electrons. The Balaban J connectivity index is 2.88. The Bertz CT molecular complexity index is 302. The Morgan fingerprint density at radius 2 is 2.13 bits per heavy atom. The molecule has 0 unspecified atom stereocenters. The van der Waals surface area contributed by atoms with Gasteiger partial charge >= 0.3 is 0 Å². The predicted octanol–water partition coefficient (Wildman–Crippen LogP) is 2.94. The fourth-order valence-corrected chi connectivity index (χ4v) is 1.92. The summed E-state index contributed by atoms with van der Waals surface area (Å²) in [6, 6.07) is 4.10. The summed E-state index contributed by atoms with van der Waals surface area (Å²) in [5, 5.41) is 0.687. The summed E-state index contributed by atoms with van der Waals surface area (Å²) >= 11 is 6.14. The minimum Gasteiger partial charge on any atom is -0.490 e. The summed E-state index contributed by atoms with van der Waals surface area (Å²) in [6.07, 6.45) is 2.18. The number of nitrogens with two attached hydrogens (primary N) is 1. The number of aryl methyl sites for hydroxylation is 2. The van der Waals surface area contributed by atoms with Gasteiger partial charge in [0, 0.05) is 6.54 Å². The van der Waals surface area contributed by atoms with Crippen molar-refractivity contribution in [2.45, 2.75) is 26.7 Å². The van der Waals surface area contributed by atoms with E-state index in [0.717, 1.165) is 24.2 Å². The maximum absolute atomic E-state index is 6.14. The minimum atomic E-state index is 0.506. The molecule has 0 spiro atoms. The number of rotatable bonds is 5. The van der Waals surface area contributed by atoms with Crippen LogP contribution in [0.15, 0.2) is 12.1 Å². The molecule has 0 aliphatic heterocycles. The number of hydrogen-bond donors (Lipinski definition) is 1. The van der Waals surface area contributed by atoms with Crippen molar-refractivity contribution in [3.8, 4) is 5.75 Å². The molecule has 0 aliphatic rings. The lowest BCUT2D eigenvalue weighted by Gasteiger charge is -2.12. The molecule has 0 saturated carbocycles. The normalized spacial score (nSPS) is 10.4. The van der Waals surface area contributed by atoms with E-state index in [-0.39, 0.29) is 0 Å². The number of halogens is 1. The predicted molar refractivity (Wildman–Crippen MR) is 64.7 cm³/mol. The smallest absolute Gasteiger partial charge is 0.140 e. The highest BCUT2D eigenvalue weighted by Gasteiger charge is 2.07. The Kier molecular flexibility index (Phi) is 4.92. The first-order valence-corrected chi connectivity index (χ1v) is 5.68. The average Bonchev–Trinajstić information content (AvgIpc) is 2.17. The highest BCUT2D eigenvalue weighted by atomic mass is 35.5. The average molecular weight is 228 g/mol. The summed E-state index contributed by atoms with van der Waals surface area (Å²) in [6.45, 7) is 5.18. The van der Waals surface area contributed by atoms with Gasteiger partial charge in [-0.25, -0.2) is 0 Å². The van der Waals surface area contributed by atoms with E-state index in [1.165, 1.54) is 5.56 Å². The summed E-state index contributed by atoms with van der Waals surface area (Å²) in [5.41, 5.74) is 7.73. The highest BCUT2D eigenvalue weighted by Crippen LogP contribution is 2.30. The fourth-order valence-electron chi connectivity index (χ4n) is 1.58. The van der Waals surface area contributed by atoms with Gasteiger partial charge in [-0.2, -0.15) is 0 Å². The zero-order valence-corrected chi connectivity index (χ0v) is 10.1. The largest absolute Gasteiger partial charge is 0.490 e. The molecule has 0 saturated heterocycles. The minimum absolute atomic E-state index is 0.506. The van der Waals surface area contributed by atoms with Crippen molar-refractivity contribution >= 4 is 11.6 Å². The van der Waals surface area contributed by atoms with Gasteiger partial charge in [0.1, 0.15) is 12.4 Å². The van der Waals surface area contributed by atoms with Crippen LogP contribution in [0.25, 0.3) is 0 Å². The summed E-state index contributed by atoms with van der Waals surface area (Å²) in [5.74, 6) is 0.766. The topological polar surface area (TPSA) is 35.2 Å². The molecule has 2 nitrogen and oxygen atoms in total. The molecule has 0 aliphatic carbocycles. The highest BCUT2D eigenvalue weighted by molar-refractivity contribution is 6.32. The van der Waals surface area contributed by atoms with Gasteiger partial charge < -0.3 is 10.5 Å². The molecule has 0 aromatic heterocycles. The van der Waals surface area contributed by atoms with E-state index < -0.39 is 0 Å². The van der Waals surface area contributed by atoms with E-state index in [2.05, 4.69) is 13.0 Å². The van der Waals surface area contributed by atoms with E-state index in [1.54, 1.807) is 0 Å². The van der Waals surface area contributed by atoms with Crippen LogP contribution in [0.3, 0.4) is 0 Å². The maximum Gasteiger partial charge on any atom is 0.140 e. The molecular weight excluding hydrogens is 210 g/mol. The first-order chi connectivity index (χ1) is 7.19. The lowest BCUT2D eigenvalue weighted by Crippen LogP contribution is -2.11. The maximum atomic E-state index is 6.14. The van der Waals surface area contributed by atoms with Crippen LogP contribution < -0.4 is 10.5 Å². The number of hydrogen-bond acceptors (Lipinski definition) is 2. The van der Waals surface area contributed by atoms with Crippen LogP contribution in [0.4, 0.5) is 0 Å². The molecular formula is C12H18ClNO. The summed E-state index contributed by atoms with van der Waals surface area (Å²) < 4.78 is 5.49. The molecule has 1 rings (SSSR count). The molecule has 0 fully saturated rings. The van der Waals surface area contributed by atoms with Crippen LogP contribution in [0.2, 0.25) is 5.02 Å². The molecule has 1 aromatic carbocycles. The Morgan fingerprint density at radius 1 is 1.40 bits per heavy atom. The van der Waals surface area contributed by atoms with Crippen LogP contribution in [-0.4, -0.2) is 13.2 Å². The van der Waals surface area contributed by atoms with Crippen molar-refractivity contribution in [1.82, 2.24) is 0 Å². The zero-order chi connectivity index (χ0) is 11.3. The van der Waals surface area contributed by atoms with Gasteiger partial charge in [-0.3, -0.25) is 0 Å². The first kappa shape index (κ1) is 12.3. The third-order valence-corrected chi connectivity index (χ3v) is 2.47. The van der Waals surface area contributed by atoms with Crippen LogP contribution in [0.1, 0.15) is 24.5 Å². The Morgan fingerprint density at radius 3 is 2.67 bits per heavy atom. The standard InChI is InChI=1S/C12H18ClNO/c1-3-4-10-7-9(2)12(11(13)8-10)15-6-5-14/h7-8H,3-6,14H2,1-2H3. The Labute approximate surface area is 96.4 Å². The van der Waals surface area contributed by atoms with Crippen LogP contribution in [-0.2, 0) is 6.42 Å². The molecule has 0 heterocycles. The summed E-state index contributed by atoms with van der Waals surface area (Å²) in [7, 11) is 0. The van der Waals surface area contributed by atoms with E-state index in [1.807, 2.05) is 13.0 Å². The van der Waals surface area contributed by atoms with Crippen molar-refractivity contribution in [3.63, 3.8) is 0 Å². The van der Waals surface area contributed by atoms with Crippen LogP contribution in [0, 0.1) is 6.92 Å². The molecule has 2 N–H and O–H groups in total. The van der Waals surface area contributed by atoms with Crippen molar-refractivity contribution < 1.29 is 4.74 Å². The molecule has 84 valence electrons. The molecule has 1 aromatic rings. The van der Waals surface area contributed by atoms with Crippen LogP contribution >= 0.6 is 11.6 Å². The van der Waals surface area contributed by atoms with Crippen molar-refractivity contribution in [3.05, 3.63) is 28.3 Å². The number of benzene rings is 1.